The van der Waals surface area contributed by atoms with Gasteiger partial charge in [-0.25, -0.2) is 0 Å². The Balaban J connectivity index is -0.0000000200. The molecule has 28 valence electrons. The Hall–Kier alpha value is 2.46. The molecule has 5 heavy (non-hydrogen) atoms. The van der Waals surface area contributed by atoms with Gasteiger partial charge in [-0.15, -0.1) is 11.6 Å². The second-order valence-electron chi connectivity index (χ2n) is 0.267. The van der Waals surface area contributed by atoms with Crippen LogP contribution >= 0.6 is 11.6 Å². The Morgan fingerprint density at radius 2 is 1.60 bits per heavy atom. The summed E-state index contributed by atoms with van der Waals surface area (Å²) in [6, 6.07) is 0. The van der Waals surface area contributed by atoms with Gasteiger partial charge in [0.1, 0.15) is 0 Å². The van der Waals surface area contributed by atoms with Gasteiger partial charge >= 0.3 is 51.4 Å². The van der Waals surface area contributed by atoms with E-state index in [-0.39, 0.29) is 68.7 Å². The molecule has 0 aromatic rings. The van der Waals surface area contributed by atoms with E-state index >= 15 is 0 Å². The van der Waals surface area contributed by atoms with Gasteiger partial charge in [-0.3, -0.25) is 0 Å². The van der Waals surface area contributed by atoms with Crippen molar-refractivity contribution in [1.82, 2.24) is 0 Å². The summed E-state index contributed by atoms with van der Waals surface area (Å²) in [6.45, 7) is 1.89. The SMILES string of the molecule is CCCl.[AlH3].[KH]. The van der Waals surface area contributed by atoms with Crippen molar-refractivity contribution in [3.8, 4) is 0 Å². The Labute approximate surface area is 91.2 Å². The molecule has 0 saturated carbocycles. The van der Waals surface area contributed by atoms with Crippen LogP contribution in [-0.2, 0) is 0 Å². The molecule has 0 aliphatic carbocycles. The van der Waals surface area contributed by atoms with Crippen molar-refractivity contribution in [2.45, 2.75) is 6.92 Å². The summed E-state index contributed by atoms with van der Waals surface area (Å²) >= 11 is 5.00. The van der Waals surface area contributed by atoms with Gasteiger partial charge in [0, 0.05) is 5.88 Å². The normalized spacial score (nSPS) is 3.60. The van der Waals surface area contributed by atoms with Gasteiger partial charge in [0.2, 0.25) is 0 Å². The third kappa shape index (κ3) is 21.2. The predicted octanol–water partition coefficient (Wildman–Crippen LogP) is -0.587. The van der Waals surface area contributed by atoms with Gasteiger partial charge in [-0.1, -0.05) is 6.92 Å². The molecule has 0 aromatic heterocycles. The Kier molecular flexibility index (Phi) is 50.4. The summed E-state index contributed by atoms with van der Waals surface area (Å²) in [6.07, 6.45) is 0. The van der Waals surface area contributed by atoms with Crippen LogP contribution in [0.4, 0.5) is 0 Å². The van der Waals surface area contributed by atoms with Gasteiger partial charge in [0.15, 0.2) is 17.4 Å². The Morgan fingerprint density at radius 3 is 1.60 bits per heavy atom. The number of rotatable bonds is 0. The molecule has 0 saturated heterocycles. The minimum absolute atomic E-state index is 0. The maximum absolute atomic E-state index is 5.00. The number of halogens is 1. The Morgan fingerprint density at radius 1 is 1.60 bits per heavy atom. The van der Waals surface area contributed by atoms with Crippen LogP contribution in [-0.4, -0.2) is 74.6 Å². The van der Waals surface area contributed by atoms with Crippen molar-refractivity contribution in [1.29, 1.82) is 0 Å². The molecule has 0 rings (SSSR count). The Bertz CT molecular complexity index is 9.61. The van der Waals surface area contributed by atoms with E-state index in [0.29, 0.717) is 0 Å². The van der Waals surface area contributed by atoms with Gasteiger partial charge < -0.3 is 0 Å². The second-order valence-corrected chi connectivity index (χ2v) is 0.802. The number of hydrogen-bond acceptors (Lipinski definition) is 0. The maximum atomic E-state index is 5.00. The zero-order valence-electron chi connectivity index (χ0n) is 2.09. The van der Waals surface area contributed by atoms with Crippen molar-refractivity contribution in [3.63, 3.8) is 0 Å². The van der Waals surface area contributed by atoms with E-state index in [2.05, 4.69) is 0 Å². The van der Waals surface area contributed by atoms with Crippen molar-refractivity contribution in [2.24, 2.45) is 0 Å². The molecule has 0 aliphatic rings. The number of hydrogen-bond donors (Lipinski definition) is 0. The van der Waals surface area contributed by atoms with E-state index in [4.69, 9.17) is 11.6 Å². The molecular weight excluding hydrogens is 126 g/mol. The molecule has 0 fully saturated rings. The van der Waals surface area contributed by atoms with E-state index in [1.54, 1.807) is 0 Å². The quantitative estimate of drug-likeness (QED) is 0.307. The van der Waals surface area contributed by atoms with E-state index < -0.39 is 0 Å². The van der Waals surface area contributed by atoms with Crippen LogP contribution in [0.15, 0.2) is 0 Å². The van der Waals surface area contributed by atoms with Gasteiger partial charge in [0.25, 0.3) is 0 Å². The molecule has 0 radical (unpaired) electrons. The first-order valence-corrected chi connectivity index (χ1v) is 1.51. The minimum atomic E-state index is 0. The van der Waals surface area contributed by atoms with Crippen LogP contribution in [0.25, 0.3) is 0 Å². The first-order chi connectivity index (χ1) is 1.41. The van der Waals surface area contributed by atoms with Crippen LogP contribution in [0.3, 0.4) is 0 Å². The van der Waals surface area contributed by atoms with Crippen LogP contribution < -0.4 is 0 Å². The van der Waals surface area contributed by atoms with E-state index in [1.165, 1.54) is 0 Å². The van der Waals surface area contributed by atoms with Gasteiger partial charge in [-0.2, -0.15) is 0 Å². The van der Waals surface area contributed by atoms with Gasteiger partial charge in [-0.05, 0) is 0 Å². The fourth-order valence-electron chi connectivity index (χ4n) is 0. The molecule has 0 aromatic carbocycles. The average molecular weight is 135 g/mol. The molecular formula is C2H9AlClK. The third-order valence-corrected chi connectivity index (χ3v) is 0. The third-order valence-electron chi connectivity index (χ3n) is 0. The van der Waals surface area contributed by atoms with Crippen molar-refractivity contribution >= 4 is 80.3 Å². The fourth-order valence-corrected chi connectivity index (χ4v) is 0. The molecule has 0 N–H and O–H groups in total. The zero-order valence-corrected chi connectivity index (χ0v) is 2.84. The van der Waals surface area contributed by atoms with Gasteiger partial charge in [0.05, 0.1) is 0 Å². The number of alkyl halides is 1. The van der Waals surface area contributed by atoms with Crippen molar-refractivity contribution < 1.29 is 0 Å². The molecule has 0 heterocycles. The van der Waals surface area contributed by atoms with Crippen LogP contribution in [0, 0.1) is 0 Å². The molecule has 0 unspecified atom stereocenters. The van der Waals surface area contributed by atoms with Crippen molar-refractivity contribution in [3.05, 3.63) is 0 Å². The zero-order chi connectivity index (χ0) is 2.71. The summed E-state index contributed by atoms with van der Waals surface area (Å²) < 4.78 is 0. The first kappa shape index (κ1) is 15.7. The summed E-state index contributed by atoms with van der Waals surface area (Å²) in [5.41, 5.74) is 0. The molecule has 3 heteroatoms. The summed E-state index contributed by atoms with van der Waals surface area (Å²) in [4.78, 5) is 0. The predicted molar refractivity (Wildman–Crippen MR) is 33.5 cm³/mol. The van der Waals surface area contributed by atoms with Crippen LogP contribution in [0.1, 0.15) is 6.92 Å². The average Bonchev–Trinajstić information content (AvgIpc) is 0.918. The second kappa shape index (κ2) is 16.1. The molecule has 0 spiro atoms. The van der Waals surface area contributed by atoms with Crippen molar-refractivity contribution in [2.75, 3.05) is 5.88 Å². The molecule has 0 nitrogen and oxygen atoms in total. The molecule has 0 amide bonds. The molecule has 0 atom stereocenters. The molecule has 0 aliphatic heterocycles. The van der Waals surface area contributed by atoms with E-state index in [0.717, 1.165) is 5.88 Å². The van der Waals surface area contributed by atoms with E-state index in [1.807, 2.05) is 6.92 Å². The monoisotopic (exact) mass is 134 g/mol. The van der Waals surface area contributed by atoms with Crippen LogP contribution in [0.5, 0.6) is 0 Å². The molecule has 0 bridgehead atoms. The van der Waals surface area contributed by atoms with E-state index in [9.17, 15) is 0 Å². The first-order valence-electron chi connectivity index (χ1n) is 0.974. The summed E-state index contributed by atoms with van der Waals surface area (Å²) in [5, 5.41) is 0. The summed E-state index contributed by atoms with van der Waals surface area (Å²) in [5.74, 6) is 0.722. The van der Waals surface area contributed by atoms with Crippen LogP contribution in [0.2, 0.25) is 0 Å². The fraction of sp³-hybridized carbons (Fsp3) is 1.00. The topological polar surface area (TPSA) is 0 Å². The standard InChI is InChI=1S/C2H5Cl.Al.K.4H/c1-2-3;;;;;;/h2H2,1H3;;;;;;. The summed E-state index contributed by atoms with van der Waals surface area (Å²) in [7, 11) is 0.